The summed E-state index contributed by atoms with van der Waals surface area (Å²) < 4.78 is 6.06. The van der Waals surface area contributed by atoms with Crippen LogP contribution in [0.3, 0.4) is 0 Å². The number of allylic oxidation sites excluding steroid dienone is 1. The van der Waals surface area contributed by atoms with Gasteiger partial charge in [-0.1, -0.05) is 25.0 Å². The first-order valence-corrected chi connectivity index (χ1v) is 6.61. The fourth-order valence-electron chi connectivity index (χ4n) is 3.46. The van der Waals surface area contributed by atoms with Crippen LogP contribution in [0.2, 0.25) is 0 Å². The van der Waals surface area contributed by atoms with Gasteiger partial charge in [-0.25, -0.2) is 0 Å². The van der Waals surface area contributed by atoms with Crippen molar-refractivity contribution in [1.29, 1.82) is 0 Å². The minimum atomic E-state index is 0.0735. The Labute approximate surface area is 100 Å². The van der Waals surface area contributed by atoms with Crippen molar-refractivity contribution in [2.24, 2.45) is 11.3 Å². The van der Waals surface area contributed by atoms with Gasteiger partial charge in [-0.2, -0.15) is 0 Å². The summed E-state index contributed by atoms with van der Waals surface area (Å²) in [5.41, 5.74) is 3.82. The fraction of sp³-hybridized carbons (Fsp3) is 0.867. The molecular formula is C15H26O. The Bertz CT molecular complexity index is 322. The first-order valence-electron chi connectivity index (χ1n) is 6.61. The van der Waals surface area contributed by atoms with Gasteiger partial charge in [0, 0.05) is 5.92 Å². The zero-order valence-electron chi connectivity index (χ0n) is 11.7. The number of hydrogen-bond acceptors (Lipinski definition) is 1. The van der Waals surface area contributed by atoms with Gasteiger partial charge in [0.2, 0.25) is 0 Å². The second-order valence-corrected chi connectivity index (χ2v) is 6.93. The monoisotopic (exact) mass is 222 g/mol. The van der Waals surface area contributed by atoms with E-state index in [0.29, 0.717) is 17.4 Å². The maximum atomic E-state index is 6.06. The van der Waals surface area contributed by atoms with Crippen LogP contribution in [-0.4, -0.2) is 11.7 Å². The summed E-state index contributed by atoms with van der Waals surface area (Å²) in [6.07, 6.45) is 4.19. The minimum Gasteiger partial charge on any atom is -0.372 e. The molecule has 1 saturated heterocycles. The van der Waals surface area contributed by atoms with Gasteiger partial charge in [0.1, 0.15) is 0 Å². The Morgan fingerprint density at radius 3 is 2.19 bits per heavy atom. The second kappa shape index (κ2) is 3.60. The normalized spacial score (nSPS) is 37.1. The van der Waals surface area contributed by atoms with E-state index < -0.39 is 0 Å². The summed E-state index contributed by atoms with van der Waals surface area (Å²) in [5, 5.41) is 0. The molecule has 1 nitrogen and oxygen atoms in total. The van der Waals surface area contributed by atoms with Crippen LogP contribution >= 0.6 is 0 Å². The van der Waals surface area contributed by atoms with Gasteiger partial charge in [0.25, 0.3) is 0 Å². The van der Waals surface area contributed by atoms with Gasteiger partial charge < -0.3 is 4.74 Å². The van der Waals surface area contributed by atoms with E-state index in [0.717, 1.165) is 0 Å². The highest BCUT2D eigenvalue weighted by molar-refractivity contribution is 5.28. The molecule has 0 spiro atoms. The molecule has 0 aromatic heterocycles. The molecule has 16 heavy (non-hydrogen) atoms. The quantitative estimate of drug-likeness (QED) is 0.600. The maximum Gasteiger partial charge on any atom is 0.0637 e. The number of ether oxygens (including phenoxy) is 1. The fourth-order valence-corrected chi connectivity index (χ4v) is 3.46. The topological polar surface area (TPSA) is 9.23 Å². The lowest BCUT2D eigenvalue weighted by Crippen LogP contribution is -2.18. The highest BCUT2D eigenvalue weighted by Gasteiger charge is 2.43. The van der Waals surface area contributed by atoms with Gasteiger partial charge in [-0.15, -0.1) is 0 Å². The van der Waals surface area contributed by atoms with E-state index >= 15 is 0 Å². The lowest BCUT2D eigenvalue weighted by Gasteiger charge is -2.21. The molecule has 2 rings (SSSR count). The molecule has 0 radical (unpaired) electrons. The van der Waals surface area contributed by atoms with E-state index in [1.54, 1.807) is 11.1 Å². The van der Waals surface area contributed by atoms with Gasteiger partial charge in [-0.3, -0.25) is 0 Å². The van der Waals surface area contributed by atoms with Crippen LogP contribution in [0.25, 0.3) is 0 Å². The third kappa shape index (κ3) is 1.95. The Hall–Kier alpha value is -0.300. The largest absolute Gasteiger partial charge is 0.372 e. The molecule has 1 fully saturated rings. The van der Waals surface area contributed by atoms with E-state index in [-0.39, 0.29) is 5.60 Å². The SMILES string of the molecule is CC1=C(C2CC(C)(C)OC2C)CCC1(C)C. The van der Waals surface area contributed by atoms with Gasteiger partial charge >= 0.3 is 0 Å². The summed E-state index contributed by atoms with van der Waals surface area (Å²) in [5.74, 6) is 0.664. The van der Waals surface area contributed by atoms with Crippen molar-refractivity contribution in [2.75, 3.05) is 0 Å². The first-order chi connectivity index (χ1) is 7.23. The predicted molar refractivity (Wildman–Crippen MR) is 68.4 cm³/mol. The smallest absolute Gasteiger partial charge is 0.0637 e. The minimum absolute atomic E-state index is 0.0735. The van der Waals surface area contributed by atoms with Crippen molar-refractivity contribution in [3.8, 4) is 0 Å². The van der Waals surface area contributed by atoms with Crippen LogP contribution < -0.4 is 0 Å². The molecule has 2 atom stereocenters. The maximum absolute atomic E-state index is 6.06. The molecule has 0 bridgehead atoms. The first kappa shape index (κ1) is 12.2. The standard InChI is InChI=1S/C15H26O/c1-10-12(7-8-14(10,3)4)13-9-15(5,6)16-11(13)2/h11,13H,7-9H2,1-6H3. The van der Waals surface area contributed by atoms with E-state index in [2.05, 4.69) is 41.5 Å². The Morgan fingerprint density at radius 2 is 1.81 bits per heavy atom. The summed E-state index contributed by atoms with van der Waals surface area (Å²) in [7, 11) is 0. The zero-order chi connectivity index (χ0) is 12.1. The van der Waals surface area contributed by atoms with E-state index in [4.69, 9.17) is 4.74 Å². The number of hydrogen-bond donors (Lipinski definition) is 0. The van der Waals surface area contributed by atoms with Crippen LogP contribution in [0.5, 0.6) is 0 Å². The van der Waals surface area contributed by atoms with Crippen molar-refractivity contribution in [1.82, 2.24) is 0 Å². The van der Waals surface area contributed by atoms with Crippen LogP contribution in [-0.2, 0) is 4.74 Å². The Kier molecular flexibility index (Phi) is 2.73. The highest BCUT2D eigenvalue weighted by atomic mass is 16.5. The van der Waals surface area contributed by atoms with E-state index in [9.17, 15) is 0 Å². The van der Waals surface area contributed by atoms with E-state index in [1.165, 1.54) is 19.3 Å². The van der Waals surface area contributed by atoms with Crippen molar-refractivity contribution in [3.63, 3.8) is 0 Å². The lowest BCUT2D eigenvalue weighted by molar-refractivity contribution is -0.0102. The van der Waals surface area contributed by atoms with Crippen molar-refractivity contribution in [2.45, 2.75) is 72.5 Å². The molecule has 1 heteroatoms. The average molecular weight is 222 g/mol. The molecule has 2 unspecified atom stereocenters. The third-order valence-electron chi connectivity index (χ3n) is 4.75. The van der Waals surface area contributed by atoms with Crippen LogP contribution in [0, 0.1) is 11.3 Å². The molecule has 1 aliphatic carbocycles. The number of rotatable bonds is 1. The van der Waals surface area contributed by atoms with Crippen molar-refractivity contribution >= 4 is 0 Å². The van der Waals surface area contributed by atoms with Gasteiger partial charge in [0.15, 0.2) is 0 Å². The van der Waals surface area contributed by atoms with Gasteiger partial charge in [0.05, 0.1) is 11.7 Å². The van der Waals surface area contributed by atoms with Crippen LogP contribution in [0.1, 0.15) is 60.8 Å². The summed E-state index contributed by atoms with van der Waals surface area (Å²) in [6, 6.07) is 0. The molecule has 0 saturated carbocycles. The third-order valence-corrected chi connectivity index (χ3v) is 4.75. The van der Waals surface area contributed by atoms with Crippen molar-refractivity contribution < 1.29 is 4.74 Å². The highest BCUT2D eigenvalue weighted by Crippen LogP contribution is 2.49. The zero-order valence-corrected chi connectivity index (χ0v) is 11.7. The summed E-state index contributed by atoms with van der Waals surface area (Å²) in [6.45, 7) is 13.8. The van der Waals surface area contributed by atoms with Crippen LogP contribution in [0.4, 0.5) is 0 Å². The molecule has 92 valence electrons. The Morgan fingerprint density at radius 1 is 1.19 bits per heavy atom. The summed E-state index contributed by atoms with van der Waals surface area (Å²) >= 11 is 0. The molecular weight excluding hydrogens is 196 g/mol. The molecule has 1 aliphatic heterocycles. The molecule has 1 heterocycles. The van der Waals surface area contributed by atoms with Crippen molar-refractivity contribution in [3.05, 3.63) is 11.1 Å². The molecule has 0 aromatic carbocycles. The predicted octanol–water partition coefficient (Wildman–Crippen LogP) is 4.33. The molecule has 2 aliphatic rings. The van der Waals surface area contributed by atoms with E-state index in [1.807, 2.05) is 0 Å². The van der Waals surface area contributed by atoms with Gasteiger partial charge in [-0.05, 0) is 52.4 Å². The molecule has 0 aromatic rings. The lowest BCUT2D eigenvalue weighted by atomic mass is 9.83. The summed E-state index contributed by atoms with van der Waals surface area (Å²) in [4.78, 5) is 0. The molecule has 0 amide bonds. The Balaban J connectivity index is 2.25. The average Bonchev–Trinajstić information content (AvgIpc) is 2.52. The van der Waals surface area contributed by atoms with Crippen LogP contribution in [0.15, 0.2) is 11.1 Å². The second-order valence-electron chi connectivity index (χ2n) is 6.93. The molecule has 0 N–H and O–H groups in total.